The Labute approximate surface area is 859 Å². The summed E-state index contributed by atoms with van der Waals surface area (Å²) in [5, 5.41) is 16.0. The maximum absolute atomic E-state index is 3.87. The Hall–Kier alpha value is -9.42. The van der Waals surface area contributed by atoms with E-state index in [1.165, 1.54) is 457 Å². The highest BCUT2D eigenvalue weighted by atomic mass is 14.2. The van der Waals surface area contributed by atoms with E-state index < -0.39 is 0 Å². The molecule has 0 radical (unpaired) electrons. The van der Waals surface area contributed by atoms with Gasteiger partial charge in [0.2, 0.25) is 0 Å². The molecule has 10 rings (SSSR count). The molecule has 0 aliphatic heterocycles. The van der Waals surface area contributed by atoms with Gasteiger partial charge >= 0.3 is 0 Å². The van der Waals surface area contributed by atoms with Crippen molar-refractivity contribution < 1.29 is 0 Å². The molecular weight excluding hydrogens is 1680 g/mol. The minimum atomic E-state index is 0.795. The lowest BCUT2D eigenvalue weighted by atomic mass is 9.94. The maximum Gasteiger partial charge on any atom is 0.0419 e. The van der Waals surface area contributed by atoms with Gasteiger partial charge in [0.15, 0.2) is 0 Å². The molecule has 140 heavy (non-hydrogen) atoms. The fourth-order valence-electron chi connectivity index (χ4n) is 20.7. The van der Waals surface area contributed by atoms with Crippen molar-refractivity contribution in [2.24, 2.45) is 0 Å². The standard InChI is InChI=1S/C140H184/c1-7-13-19-25-31-37-42-47-52-57-63-69-75-117-81-85-121-89-93-131-113-137-103-101-135-111-125(79-73-67-61-36-30-24-18-12-6)126(80-74-68-62-56-51-46-41-35-29-23-17-11-5)112-136(135)102-104-138-114-132-94-90-122-86-82-118(76-70-64-58-53-48-43-38-32-26-20-14-8-2)108-128(122)98-100-130-110-120(78-72-66-60-55-50-45-40-34-28-22-16-10-4)84-88-124(130)92-96-134(132)116-140(138)106-105-139(137)115-133(131)95-91-123-87-83-119(109-129(123)99-97-127(121)107-117)77-71-65-59-54-49-44-39-33-27-21-15-9-3/h81-88,107-116H,7-80H2,1-6H3. The van der Waals surface area contributed by atoms with Gasteiger partial charge < -0.3 is 0 Å². The van der Waals surface area contributed by atoms with Gasteiger partial charge in [0.05, 0.1) is 0 Å². The third kappa shape index (κ3) is 45.0. The van der Waals surface area contributed by atoms with Crippen LogP contribution in [-0.2, 0) is 38.5 Å². The third-order valence-electron chi connectivity index (χ3n) is 29.9. The molecule has 0 unspecified atom stereocenters. The Morgan fingerprint density at radius 3 is 0.371 bits per heavy atom. The minimum absolute atomic E-state index is 0.795. The molecular formula is C140H184. The molecule has 0 bridgehead atoms. The van der Waals surface area contributed by atoms with Gasteiger partial charge in [-0.1, -0.05) is 573 Å². The van der Waals surface area contributed by atoms with Crippen LogP contribution in [0.3, 0.4) is 0 Å². The summed E-state index contributed by atoms with van der Waals surface area (Å²) in [6.07, 6.45) is 96.6. The lowest BCUT2D eigenvalue weighted by Gasteiger charge is -2.11. The largest absolute Gasteiger partial charge is 0.0654 e. The lowest BCUT2D eigenvalue weighted by molar-refractivity contribution is 0.543. The molecule has 0 spiro atoms. The van der Waals surface area contributed by atoms with Gasteiger partial charge in [-0.3, -0.25) is 0 Å². The van der Waals surface area contributed by atoms with E-state index in [2.05, 4.69) is 260 Å². The fraction of sp³-hybridized carbons (Fsp3) is 0.571. The summed E-state index contributed by atoms with van der Waals surface area (Å²) >= 11 is 0. The number of hydrogen-bond donors (Lipinski definition) is 0. The Bertz CT molecular complexity index is 5100. The summed E-state index contributed by atoms with van der Waals surface area (Å²) < 4.78 is 0. The quantitative estimate of drug-likeness (QED) is 0.0333. The van der Waals surface area contributed by atoms with Crippen LogP contribution in [-0.4, -0.2) is 0 Å². The van der Waals surface area contributed by atoms with Crippen molar-refractivity contribution in [3.8, 4) is 0 Å². The molecule has 10 aromatic rings. The van der Waals surface area contributed by atoms with Crippen LogP contribution in [0.4, 0.5) is 0 Å². The summed E-state index contributed by atoms with van der Waals surface area (Å²) in [6.45, 7) is 13.9. The molecule has 0 atom stereocenters. The van der Waals surface area contributed by atoms with E-state index in [1.807, 2.05) is 0 Å². The third-order valence-corrected chi connectivity index (χ3v) is 29.9. The first-order valence-corrected chi connectivity index (χ1v) is 59.0. The molecule has 744 valence electrons. The maximum atomic E-state index is 3.87. The topological polar surface area (TPSA) is 0 Å². The number of benzene rings is 7. The summed E-state index contributed by atoms with van der Waals surface area (Å²) in [4.78, 5) is 0. The monoisotopic (exact) mass is 1870 g/mol. The zero-order valence-electron chi connectivity index (χ0n) is 89.7. The summed E-state index contributed by atoms with van der Waals surface area (Å²) in [7, 11) is 0. The van der Waals surface area contributed by atoms with E-state index in [1.54, 1.807) is 0 Å². The smallest absolute Gasteiger partial charge is 0.0419 e. The van der Waals surface area contributed by atoms with Gasteiger partial charge in [-0.2, -0.15) is 0 Å². The van der Waals surface area contributed by atoms with Gasteiger partial charge in [-0.25, -0.2) is 0 Å². The van der Waals surface area contributed by atoms with Gasteiger partial charge in [0.25, 0.3) is 0 Å². The van der Waals surface area contributed by atoms with Crippen molar-refractivity contribution >= 4 is 97.0 Å². The van der Waals surface area contributed by atoms with Crippen LogP contribution < -0.4 is 0 Å². The van der Waals surface area contributed by atoms with Crippen LogP contribution in [0.15, 0.2) is 109 Å². The zero-order valence-corrected chi connectivity index (χ0v) is 89.7. The number of hydrogen-bond acceptors (Lipinski definition) is 0. The highest BCUT2D eigenvalue weighted by Gasteiger charge is 2.11. The van der Waals surface area contributed by atoms with E-state index in [0.29, 0.717) is 0 Å². The molecule has 0 heterocycles. The number of aryl methyl sites for hydroxylation is 6. The Morgan fingerprint density at radius 2 is 0.221 bits per heavy atom. The van der Waals surface area contributed by atoms with Crippen molar-refractivity contribution in [1.82, 2.24) is 0 Å². The predicted molar refractivity (Wildman–Crippen MR) is 613 cm³/mol. The average Bonchev–Trinajstić information content (AvgIpc) is 0.791. The molecule has 0 heteroatoms. The molecule has 10 aromatic carbocycles. The number of unbranched alkanes of at least 4 members (excludes halogenated alkanes) is 62. The van der Waals surface area contributed by atoms with Crippen LogP contribution >= 0.6 is 0 Å². The van der Waals surface area contributed by atoms with Crippen molar-refractivity contribution in [3.63, 3.8) is 0 Å². The Balaban J connectivity index is 1.10. The Morgan fingerprint density at radius 1 is 0.107 bits per heavy atom. The van der Waals surface area contributed by atoms with Gasteiger partial charge in [-0.05, 0) is 195 Å². The van der Waals surface area contributed by atoms with Crippen LogP contribution in [0, 0.1) is 109 Å². The first kappa shape index (κ1) is 113. The van der Waals surface area contributed by atoms with Gasteiger partial charge in [-0.15, -0.1) is 0 Å². The van der Waals surface area contributed by atoms with Crippen LogP contribution in [0.1, 0.15) is 512 Å². The SMILES string of the molecule is CCCCCCCCCCCCCCc1ccc2c#cc3cc4c#cc5cc(CCCCCCCCCC)c(CCCCCCCCCCCCCC)cc5c#cc5cc6c#cc7ccc(CCCCCCCCCCCCCC)cc7c#cc7cc(CCCCCCCCCCCCCC)ccc7c#cc6cc5c#cc4cc3c#cc3ccc(CCCCCCCCCCCCCC)cc3c#cc2c1. The molecule has 0 saturated carbocycles. The van der Waals surface area contributed by atoms with E-state index in [0.717, 1.165) is 148 Å². The molecule has 0 aromatic heterocycles. The lowest BCUT2D eigenvalue weighted by Crippen LogP contribution is -1.96. The minimum Gasteiger partial charge on any atom is -0.0654 e. The highest BCUT2D eigenvalue weighted by molar-refractivity contribution is 5.98. The van der Waals surface area contributed by atoms with Gasteiger partial charge in [0, 0.05) is 97.0 Å². The summed E-state index contributed by atoms with van der Waals surface area (Å²) in [5.74, 6) is 0. The fourth-order valence-corrected chi connectivity index (χ4v) is 20.7. The molecule has 0 aliphatic rings. The molecule has 0 nitrogen and oxygen atoms in total. The zero-order chi connectivity index (χ0) is 97.6. The van der Waals surface area contributed by atoms with Crippen LogP contribution in [0.2, 0.25) is 0 Å². The molecule has 0 saturated heterocycles. The van der Waals surface area contributed by atoms with Crippen molar-refractivity contribution in [3.05, 3.63) is 252 Å². The highest BCUT2D eigenvalue weighted by Crippen LogP contribution is 2.30. The first-order chi connectivity index (χ1) is 69.3. The second-order valence-corrected chi connectivity index (χ2v) is 42.2. The summed E-state index contributed by atoms with van der Waals surface area (Å²) in [6, 6.07) is 109. The van der Waals surface area contributed by atoms with Gasteiger partial charge in [0.1, 0.15) is 0 Å². The normalized spacial score (nSPS) is 11.1. The molecule has 0 aliphatic carbocycles. The van der Waals surface area contributed by atoms with Crippen molar-refractivity contribution in [2.45, 2.75) is 517 Å². The van der Waals surface area contributed by atoms with Crippen LogP contribution in [0.5, 0.6) is 0 Å². The van der Waals surface area contributed by atoms with E-state index >= 15 is 0 Å². The molecule has 0 amide bonds. The second kappa shape index (κ2) is 71.9. The Kier molecular flexibility index (Phi) is 57.8. The number of fused-ring (bicyclic) bond motifs is 9. The predicted octanol–water partition coefficient (Wildman–Crippen LogP) is 43.4. The average molecular weight is 1870 g/mol. The molecule has 0 fully saturated rings. The van der Waals surface area contributed by atoms with E-state index in [4.69, 9.17) is 0 Å². The van der Waals surface area contributed by atoms with E-state index in [9.17, 15) is 0 Å². The molecule has 0 N–H and O–H groups in total. The first-order valence-electron chi connectivity index (χ1n) is 59.0. The van der Waals surface area contributed by atoms with Crippen LogP contribution in [0.25, 0.3) is 97.0 Å². The van der Waals surface area contributed by atoms with Crippen molar-refractivity contribution in [2.75, 3.05) is 0 Å². The second-order valence-electron chi connectivity index (χ2n) is 42.2. The van der Waals surface area contributed by atoms with Crippen molar-refractivity contribution in [1.29, 1.82) is 0 Å². The summed E-state index contributed by atoms with van der Waals surface area (Å²) in [5.41, 5.74) is 8.15. The number of rotatable bonds is 74. The van der Waals surface area contributed by atoms with E-state index in [-0.39, 0.29) is 0 Å².